The van der Waals surface area contributed by atoms with Crippen LogP contribution in [0.2, 0.25) is 0 Å². The highest BCUT2D eigenvalue weighted by Gasteiger charge is 2.29. The van der Waals surface area contributed by atoms with E-state index in [0.717, 1.165) is 30.2 Å². The number of halogens is 3. The summed E-state index contributed by atoms with van der Waals surface area (Å²) in [5.41, 5.74) is -0.0247. The van der Waals surface area contributed by atoms with Crippen LogP contribution in [0.15, 0.2) is 24.3 Å². The SMILES string of the molecule is O=C(CC1CSCCN1)NCc1ccc(C(F)(F)F)cc1. The van der Waals surface area contributed by atoms with Gasteiger partial charge in [-0.15, -0.1) is 0 Å². The van der Waals surface area contributed by atoms with Gasteiger partial charge in [-0.25, -0.2) is 0 Å². The fourth-order valence-corrected chi connectivity index (χ4v) is 3.01. The van der Waals surface area contributed by atoms with Crippen molar-refractivity contribution in [1.29, 1.82) is 0 Å². The smallest absolute Gasteiger partial charge is 0.352 e. The van der Waals surface area contributed by atoms with Crippen molar-refractivity contribution in [2.45, 2.75) is 25.2 Å². The number of hydrogen-bond donors (Lipinski definition) is 2. The highest BCUT2D eigenvalue weighted by Crippen LogP contribution is 2.29. The number of hydrogen-bond acceptors (Lipinski definition) is 3. The third-order valence-corrected chi connectivity index (χ3v) is 4.33. The molecule has 1 fully saturated rings. The van der Waals surface area contributed by atoms with E-state index in [2.05, 4.69) is 10.6 Å². The van der Waals surface area contributed by atoms with Gasteiger partial charge in [0.05, 0.1) is 5.56 Å². The maximum absolute atomic E-state index is 12.4. The molecule has 21 heavy (non-hydrogen) atoms. The summed E-state index contributed by atoms with van der Waals surface area (Å²) in [4.78, 5) is 11.8. The van der Waals surface area contributed by atoms with Crippen LogP contribution in [0, 0.1) is 0 Å². The Morgan fingerprint density at radius 1 is 1.33 bits per heavy atom. The van der Waals surface area contributed by atoms with Crippen LogP contribution in [0.4, 0.5) is 13.2 Å². The number of rotatable bonds is 4. The minimum Gasteiger partial charge on any atom is -0.352 e. The molecule has 0 aliphatic carbocycles. The molecule has 1 aliphatic rings. The Kier molecular flexibility index (Phi) is 5.52. The lowest BCUT2D eigenvalue weighted by atomic mass is 10.1. The number of benzene rings is 1. The molecule has 0 spiro atoms. The van der Waals surface area contributed by atoms with Gasteiger partial charge in [0, 0.05) is 37.1 Å². The molecule has 0 radical (unpaired) electrons. The Morgan fingerprint density at radius 2 is 2.05 bits per heavy atom. The fraction of sp³-hybridized carbons (Fsp3) is 0.500. The number of alkyl halides is 3. The largest absolute Gasteiger partial charge is 0.416 e. The van der Waals surface area contributed by atoms with E-state index in [1.54, 1.807) is 0 Å². The first-order valence-corrected chi connectivity index (χ1v) is 7.84. The lowest BCUT2D eigenvalue weighted by molar-refractivity contribution is -0.137. The second kappa shape index (κ2) is 7.17. The van der Waals surface area contributed by atoms with E-state index in [9.17, 15) is 18.0 Å². The summed E-state index contributed by atoms with van der Waals surface area (Å²) in [6.07, 6.45) is -3.93. The maximum atomic E-state index is 12.4. The molecule has 1 unspecified atom stereocenters. The monoisotopic (exact) mass is 318 g/mol. The molecule has 1 heterocycles. The van der Waals surface area contributed by atoms with Crippen molar-refractivity contribution in [2.75, 3.05) is 18.1 Å². The van der Waals surface area contributed by atoms with Gasteiger partial charge >= 0.3 is 6.18 Å². The number of thioether (sulfide) groups is 1. The van der Waals surface area contributed by atoms with Crippen LogP contribution in [0.3, 0.4) is 0 Å². The zero-order valence-corrected chi connectivity index (χ0v) is 12.2. The zero-order valence-electron chi connectivity index (χ0n) is 11.4. The topological polar surface area (TPSA) is 41.1 Å². The highest BCUT2D eigenvalue weighted by atomic mass is 32.2. The third-order valence-electron chi connectivity index (χ3n) is 3.20. The Hall–Kier alpha value is -1.21. The van der Waals surface area contributed by atoms with Gasteiger partial charge in [-0.05, 0) is 17.7 Å². The second-order valence-electron chi connectivity index (χ2n) is 4.90. The molecule has 1 aromatic rings. The normalized spacial score (nSPS) is 19.3. The van der Waals surface area contributed by atoms with E-state index < -0.39 is 11.7 Å². The van der Waals surface area contributed by atoms with E-state index in [1.807, 2.05) is 11.8 Å². The molecule has 0 aromatic heterocycles. The van der Waals surface area contributed by atoms with E-state index in [4.69, 9.17) is 0 Å². The van der Waals surface area contributed by atoms with Crippen molar-refractivity contribution in [3.8, 4) is 0 Å². The Morgan fingerprint density at radius 3 is 2.62 bits per heavy atom. The molecule has 116 valence electrons. The average molecular weight is 318 g/mol. The molecule has 1 amide bonds. The number of nitrogens with one attached hydrogen (secondary N) is 2. The van der Waals surface area contributed by atoms with Gasteiger partial charge in [0.25, 0.3) is 0 Å². The fourth-order valence-electron chi connectivity index (χ4n) is 2.06. The first-order valence-electron chi connectivity index (χ1n) is 6.69. The molecule has 7 heteroatoms. The van der Waals surface area contributed by atoms with Crippen LogP contribution in [0.1, 0.15) is 17.5 Å². The summed E-state index contributed by atoms with van der Waals surface area (Å²) in [5.74, 6) is 1.88. The Labute approximate surface area is 125 Å². The van der Waals surface area contributed by atoms with Gasteiger partial charge in [-0.1, -0.05) is 12.1 Å². The van der Waals surface area contributed by atoms with Crippen molar-refractivity contribution in [3.05, 3.63) is 35.4 Å². The summed E-state index contributed by atoms with van der Waals surface area (Å²) >= 11 is 1.81. The molecule has 1 aromatic carbocycles. The summed E-state index contributed by atoms with van der Waals surface area (Å²) in [7, 11) is 0. The van der Waals surface area contributed by atoms with Crippen molar-refractivity contribution in [2.24, 2.45) is 0 Å². The first-order chi connectivity index (χ1) is 9.95. The maximum Gasteiger partial charge on any atom is 0.416 e. The van der Waals surface area contributed by atoms with Crippen LogP contribution in [0.25, 0.3) is 0 Å². The molecule has 3 nitrogen and oxygen atoms in total. The zero-order chi connectivity index (χ0) is 15.3. The van der Waals surface area contributed by atoms with Crippen LogP contribution in [-0.2, 0) is 17.5 Å². The minimum atomic E-state index is -4.33. The molecule has 1 atom stereocenters. The van der Waals surface area contributed by atoms with E-state index >= 15 is 0 Å². The molecule has 2 rings (SSSR count). The molecule has 0 saturated carbocycles. The van der Waals surface area contributed by atoms with Crippen molar-refractivity contribution < 1.29 is 18.0 Å². The molecule has 1 saturated heterocycles. The van der Waals surface area contributed by atoms with E-state index in [1.165, 1.54) is 12.1 Å². The Bertz CT molecular complexity index is 470. The predicted molar refractivity (Wildman–Crippen MR) is 77.0 cm³/mol. The molecule has 2 N–H and O–H groups in total. The molecular formula is C14H17F3N2OS. The van der Waals surface area contributed by atoms with Gasteiger partial charge in [0.1, 0.15) is 0 Å². The number of carbonyl (C=O) groups is 1. The first kappa shape index (κ1) is 16.2. The van der Waals surface area contributed by atoms with Gasteiger partial charge in [0.2, 0.25) is 5.91 Å². The molecular weight excluding hydrogens is 301 g/mol. The highest BCUT2D eigenvalue weighted by molar-refractivity contribution is 7.99. The quantitative estimate of drug-likeness (QED) is 0.896. The van der Waals surface area contributed by atoms with Crippen molar-refractivity contribution in [3.63, 3.8) is 0 Å². The molecule has 1 aliphatic heterocycles. The van der Waals surface area contributed by atoms with Crippen LogP contribution in [-0.4, -0.2) is 30.0 Å². The van der Waals surface area contributed by atoms with Gasteiger partial charge < -0.3 is 10.6 Å². The lowest BCUT2D eigenvalue weighted by Gasteiger charge is -2.22. The third kappa shape index (κ3) is 5.24. The number of carbonyl (C=O) groups excluding carboxylic acids is 1. The van der Waals surface area contributed by atoms with Gasteiger partial charge in [0.15, 0.2) is 0 Å². The average Bonchev–Trinajstić information content (AvgIpc) is 2.46. The number of amides is 1. The standard InChI is InChI=1S/C14H17F3N2OS/c15-14(16,17)11-3-1-10(2-4-11)8-19-13(20)7-12-9-21-6-5-18-12/h1-4,12,18H,5-9H2,(H,19,20). The van der Waals surface area contributed by atoms with E-state index in [0.29, 0.717) is 12.0 Å². The lowest BCUT2D eigenvalue weighted by Crippen LogP contribution is -2.41. The Balaban J connectivity index is 1.78. The second-order valence-corrected chi connectivity index (χ2v) is 6.05. The van der Waals surface area contributed by atoms with Gasteiger partial charge in [-0.3, -0.25) is 4.79 Å². The van der Waals surface area contributed by atoms with Crippen molar-refractivity contribution >= 4 is 17.7 Å². The summed E-state index contributed by atoms with van der Waals surface area (Å²) in [6.45, 7) is 1.15. The summed E-state index contributed by atoms with van der Waals surface area (Å²) in [6, 6.07) is 5.01. The summed E-state index contributed by atoms with van der Waals surface area (Å²) in [5, 5.41) is 6.00. The van der Waals surface area contributed by atoms with Gasteiger partial charge in [-0.2, -0.15) is 24.9 Å². The minimum absolute atomic E-state index is 0.0881. The van der Waals surface area contributed by atoms with Crippen LogP contribution < -0.4 is 10.6 Å². The predicted octanol–water partition coefficient (Wildman–Crippen LogP) is 2.42. The van der Waals surface area contributed by atoms with Crippen LogP contribution in [0.5, 0.6) is 0 Å². The van der Waals surface area contributed by atoms with E-state index in [-0.39, 0.29) is 18.5 Å². The van der Waals surface area contributed by atoms with Crippen LogP contribution >= 0.6 is 11.8 Å². The summed E-state index contributed by atoms with van der Waals surface area (Å²) < 4.78 is 37.2. The van der Waals surface area contributed by atoms with Crippen molar-refractivity contribution in [1.82, 2.24) is 10.6 Å². The molecule has 0 bridgehead atoms.